The van der Waals surface area contributed by atoms with Gasteiger partial charge < -0.3 is 9.84 Å². The summed E-state index contributed by atoms with van der Waals surface area (Å²) in [6.07, 6.45) is -0.0418. The molecule has 1 aromatic heterocycles. The molecule has 9 heteroatoms. The summed E-state index contributed by atoms with van der Waals surface area (Å²) in [4.78, 5) is 28.3. The highest BCUT2D eigenvalue weighted by molar-refractivity contribution is 6.31. The van der Waals surface area contributed by atoms with Crippen LogP contribution in [0.2, 0.25) is 10.2 Å². The molecule has 0 saturated heterocycles. The molecule has 0 spiro atoms. The first-order valence-electron chi connectivity index (χ1n) is 9.87. The second-order valence-corrected chi connectivity index (χ2v) is 8.13. The quantitative estimate of drug-likeness (QED) is 0.505. The summed E-state index contributed by atoms with van der Waals surface area (Å²) in [5.41, 5.74) is 2.81. The molecule has 1 aliphatic heterocycles. The lowest BCUT2D eigenvalue weighted by molar-refractivity contribution is -0.141. The molecule has 1 N–H and O–H groups in total. The Hall–Kier alpha value is -3.16. The van der Waals surface area contributed by atoms with E-state index in [1.54, 1.807) is 25.3 Å². The summed E-state index contributed by atoms with van der Waals surface area (Å²) in [5.74, 6) is -0.781. The Kier molecular flexibility index (Phi) is 6.30. The number of carbonyl (C=O) groups is 2. The van der Waals surface area contributed by atoms with Crippen molar-refractivity contribution in [1.82, 2.24) is 9.99 Å². The van der Waals surface area contributed by atoms with Crippen molar-refractivity contribution in [2.24, 2.45) is 5.10 Å². The average Bonchev–Trinajstić information content (AvgIpc) is 3.22. The topological polar surface area (TPSA) is 92.1 Å². The number of hydrogen-bond acceptors (Lipinski definition) is 5. The van der Waals surface area contributed by atoms with E-state index in [0.717, 1.165) is 10.9 Å². The fourth-order valence-corrected chi connectivity index (χ4v) is 4.03. The Morgan fingerprint density at radius 2 is 1.88 bits per heavy atom. The van der Waals surface area contributed by atoms with E-state index in [9.17, 15) is 9.59 Å². The van der Waals surface area contributed by atoms with Crippen molar-refractivity contribution in [2.45, 2.75) is 25.3 Å². The highest BCUT2D eigenvalue weighted by Crippen LogP contribution is 2.38. The largest absolute Gasteiger partial charge is 0.497 e. The summed E-state index contributed by atoms with van der Waals surface area (Å²) in [6.45, 7) is 0. The molecule has 2 aromatic carbocycles. The molecule has 0 fully saturated rings. The number of methoxy groups -OCH3 is 1. The van der Waals surface area contributed by atoms with Crippen molar-refractivity contribution in [2.75, 3.05) is 7.11 Å². The van der Waals surface area contributed by atoms with E-state index >= 15 is 0 Å². The first-order valence-corrected chi connectivity index (χ1v) is 10.6. The van der Waals surface area contributed by atoms with Gasteiger partial charge in [0.1, 0.15) is 10.9 Å². The number of hydrazone groups is 1. The van der Waals surface area contributed by atoms with Crippen molar-refractivity contribution < 1.29 is 19.4 Å². The average molecular weight is 472 g/mol. The van der Waals surface area contributed by atoms with Crippen LogP contribution in [0.15, 0.2) is 53.6 Å². The number of fused-ring (bicyclic) bond motifs is 1. The number of carboxylic acid groups (broad SMARTS) is 1. The number of rotatable bonds is 6. The molecule has 7 nitrogen and oxygen atoms in total. The minimum atomic E-state index is -1.05. The Labute approximate surface area is 194 Å². The second-order valence-electron chi connectivity index (χ2n) is 7.33. The number of aromatic nitrogens is 1. The summed E-state index contributed by atoms with van der Waals surface area (Å²) in [7, 11) is 1.58. The van der Waals surface area contributed by atoms with Crippen LogP contribution in [0.4, 0.5) is 0 Å². The van der Waals surface area contributed by atoms with Gasteiger partial charge >= 0.3 is 5.97 Å². The van der Waals surface area contributed by atoms with Crippen LogP contribution in [0.1, 0.15) is 36.4 Å². The highest BCUT2D eigenvalue weighted by atomic mass is 35.5. The molecule has 0 aliphatic carbocycles. The zero-order valence-electron chi connectivity index (χ0n) is 17.1. The molecule has 3 aromatic rings. The number of nitrogens with zero attached hydrogens (tertiary/aromatic N) is 3. The minimum Gasteiger partial charge on any atom is -0.497 e. The van der Waals surface area contributed by atoms with Gasteiger partial charge in [0.2, 0.25) is 5.91 Å². The minimum absolute atomic E-state index is 0.168. The molecule has 164 valence electrons. The number of aliphatic carboxylic acids is 1. The summed E-state index contributed by atoms with van der Waals surface area (Å²) >= 11 is 12.5. The standard InChI is InChI=1S/C23H19Cl2N3O4/c1-32-16-7-4-14-10-17(23(25)26-18(14)11-16)20-12-19(13-2-5-15(24)6-3-13)27-28(20)21(29)8-9-22(30)31/h2-7,10-11,20H,8-9,12H2,1H3,(H,30,31)/t20-/m1/s1. The highest BCUT2D eigenvalue weighted by Gasteiger charge is 2.35. The number of halogens is 2. The van der Waals surface area contributed by atoms with Crippen LogP contribution >= 0.6 is 23.2 Å². The normalized spacial score (nSPS) is 15.7. The zero-order valence-corrected chi connectivity index (χ0v) is 18.6. The molecule has 0 bridgehead atoms. The van der Waals surface area contributed by atoms with Crippen LogP contribution in [0, 0.1) is 0 Å². The van der Waals surface area contributed by atoms with Crippen molar-refractivity contribution in [3.05, 3.63) is 69.8 Å². The predicted octanol–water partition coefficient (Wildman–Crippen LogP) is 5.09. The summed E-state index contributed by atoms with van der Waals surface area (Å²) < 4.78 is 5.25. The van der Waals surface area contributed by atoms with Crippen LogP contribution in [0.5, 0.6) is 5.75 Å². The third-order valence-electron chi connectivity index (χ3n) is 5.26. The number of carbonyl (C=O) groups excluding carboxylic acids is 1. The van der Waals surface area contributed by atoms with E-state index in [2.05, 4.69) is 10.1 Å². The number of pyridine rings is 1. The Morgan fingerprint density at radius 1 is 1.12 bits per heavy atom. The molecule has 1 atom stereocenters. The van der Waals surface area contributed by atoms with Crippen molar-refractivity contribution in [3.63, 3.8) is 0 Å². The molecule has 1 amide bonds. The predicted molar refractivity (Wildman–Crippen MR) is 122 cm³/mol. The molecular weight excluding hydrogens is 453 g/mol. The summed E-state index contributed by atoms with van der Waals surface area (Å²) in [5, 5.41) is 16.5. The molecule has 0 unspecified atom stereocenters. The Balaban J connectivity index is 1.73. The van der Waals surface area contributed by atoms with Gasteiger partial charge in [-0.25, -0.2) is 9.99 Å². The van der Waals surface area contributed by atoms with E-state index in [0.29, 0.717) is 34.0 Å². The first-order chi connectivity index (χ1) is 15.4. The van der Waals surface area contributed by atoms with Crippen LogP contribution in [0.25, 0.3) is 10.9 Å². The first kappa shape index (κ1) is 22.0. The molecular formula is C23H19Cl2N3O4. The second kappa shape index (κ2) is 9.14. The third kappa shape index (κ3) is 4.54. The smallest absolute Gasteiger partial charge is 0.303 e. The van der Waals surface area contributed by atoms with Crippen LogP contribution in [0.3, 0.4) is 0 Å². The van der Waals surface area contributed by atoms with E-state index in [-0.39, 0.29) is 18.0 Å². The number of ether oxygens (including phenoxy) is 1. The fraction of sp³-hybridized carbons (Fsp3) is 0.217. The van der Waals surface area contributed by atoms with Crippen molar-refractivity contribution in [3.8, 4) is 5.75 Å². The fourth-order valence-electron chi connectivity index (χ4n) is 3.63. The van der Waals surface area contributed by atoms with Crippen LogP contribution in [-0.2, 0) is 9.59 Å². The lowest BCUT2D eigenvalue weighted by Gasteiger charge is -2.23. The molecule has 0 saturated carbocycles. The SMILES string of the molecule is COc1ccc2cc([C@H]3CC(c4ccc(Cl)cc4)=NN3C(=O)CCC(=O)O)c(Cl)nc2c1. The monoisotopic (exact) mass is 471 g/mol. The molecule has 32 heavy (non-hydrogen) atoms. The van der Waals surface area contributed by atoms with Gasteiger partial charge in [0, 0.05) is 34.9 Å². The lowest BCUT2D eigenvalue weighted by atomic mass is 9.98. The Bertz CT molecular complexity index is 1230. The van der Waals surface area contributed by atoms with Gasteiger partial charge in [-0.2, -0.15) is 5.10 Å². The molecule has 2 heterocycles. The van der Waals surface area contributed by atoms with Crippen molar-refractivity contribution >= 4 is 51.7 Å². The maximum Gasteiger partial charge on any atom is 0.303 e. The van der Waals surface area contributed by atoms with E-state index in [4.69, 9.17) is 33.0 Å². The van der Waals surface area contributed by atoms with E-state index in [1.807, 2.05) is 30.3 Å². The van der Waals surface area contributed by atoms with Gasteiger partial charge in [-0.3, -0.25) is 9.59 Å². The number of carboxylic acids is 1. The van der Waals surface area contributed by atoms with E-state index in [1.165, 1.54) is 5.01 Å². The third-order valence-corrected chi connectivity index (χ3v) is 5.82. The van der Waals surface area contributed by atoms with Gasteiger partial charge in [-0.15, -0.1) is 0 Å². The Morgan fingerprint density at radius 3 is 2.56 bits per heavy atom. The van der Waals surface area contributed by atoms with Gasteiger partial charge in [0.05, 0.1) is 30.8 Å². The van der Waals surface area contributed by atoms with Crippen LogP contribution < -0.4 is 4.74 Å². The lowest BCUT2D eigenvalue weighted by Crippen LogP contribution is -2.27. The van der Waals surface area contributed by atoms with Gasteiger partial charge in [-0.05, 0) is 35.9 Å². The molecule has 0 radical (unpaired) electrons. The maximum atomic E-state index is 12.9. The van der Waals surface area contributed by atoms with Gasteiger partial charge in [-0.1, -0.05) is 35.3 Å². The number of amides is 1. The van der Waals surface area contributed by atoms with Gasteiger partial charge in [0.15, 0.2) is 0 Å². The van der Waals surface area contributed by atoms with Crippen molar-refractivity contribution in [1.29, 1.82) is 0 Å². The molecule has 4 rings (SSSR count). The summed E-state index contributed by atoms with van der Waals surface area (Å²) in [6, 6.07) is 14.0. The zero-order chi connectivity index (χ0) is 22.8. The van der Waals surface area contributed by atoms with Gasteiger partial charge in [0.25, 0.3) is 0 Å². The van der Waals surface area contributed by atoms with Crippen LogP contribution in [-0.4, -0.2) is 39.8 Å². The maximum absolute atomic E-state index is 12.9. The molecule has 1 aliphatic rings. The number of hydrogen-bond donors (Lipinski definition) is 1. The number of benzene rings is 2. The van der Waals surface area contributed by atoms with E-state index < -0.39 is 17.9 Å².